The molecule has 0 radical (unpaired) electrons. The predicted molar refractivity (Wildman–Crippen MR) is 124 cm³/mol. The zero-order valence-corrected chi connectivity index (χ0v) is 20.2. The molecule has 7 nitrogen and oxygen atoms in total. The Morgan fingerprint density at radius 3 is 2.54 bits per heavy atom. The van der Waals surface area contributed by atoms with Crippen LogP contribution in [0.2, 0.25) is 0 Å². The predicted octanol–water partition coefficient (Wildman–Crippen LogP) is 1.79. The number of aryl methyl sites for hydroxylation is 1. The van der Waals surface area contributed by atoms with E-state index in [4.69, 9.17) is 4.74 Å². The number of halogens is 1. The molecule has 1 aromatic carbocycles. The smallest absolute Gasteiger partial charge is 0.191 e. The third-order valence-corrected chi connectivity index (χ3v) is 5.88. The minimum absolute atomic E-state index is 0. The standard InChI is InChI=1S/C19H32N4O3S.HI/c1-16-14-17(6-7-18(16)27(3,24)25)15-22-19(20-2)21-8-4-5-9-23-10-12-26-13-11-23;/h6-7,14H,4-5,8-13,15H2,1-3H3,(H2,20,21,22);1H. The normalized spacial score (nSPS) is 15.8. The summed E-state index contributed by atoms with van der Waals surface area (Å²) in [6.45, 7) is 8.17. The van der Waals surface area contributed by atoms with E-state index in [0.29, 0.717) is 11.4 Å². The molecule has 1 heterocycles. The van der Waals surface area contributed by atoms with Gasteiger partial charge in [-0.15, -0.1) is 24.0 Å². The molecule has 2 N–H and O–H groups in total. The van der Waals surface area contributed by atoms with Crippen LogP contribution in [0.4, 0.5) is 0 Å². The Morgan fingerprint density at radius 2 is 1.93 bits per heavy atom. The van der Waals surface area contributed by atoms with Gasteiger partial charge in [-0.1, -0.05) is 12.1 Å². The minimum atomic E-state index is -3.18. The number of guanidine groups is 1. The average molecular weight is 524 g/mol. The summed E-state index contributed by atoms with van der Waals surface area (Å²) < 4.78 is 28.8. The zero-order valence-electron chi connectivity index (χ0n) is 17.0. The molecule has 0 atom stereocenters. The van der Waals surface area contributed by atoms with Gasteiger partial charge in [-0.25, -0.2) is 8.42 Å². The molecule has 2 rings (SSSR count). The summed E-state index contributed by atoms with van der Waals surface area (Å²) >= 11 is 0. The van der Waals surface area contributed by atoms with Crippen LogP contribution in [0.25, 0.3) is 0 Å². The second-order valence-electron chi connectivity index (χ2n) is 6.89. The van der Waals surface area contributed by atoms with E-state index in [1.54, 1.807) is 13.1 Å². The van der Waals surface area contributed by atoms with Crippen LogP contribution in [0, 0.1) is 6.92 Å². The lowest BCUT2D eigenvalue weighted by Crippen LogP contribution is -2.38. The largest absolute Gasteiger partial charge is 0.379 e. The second-order valence-corrected chi connectivity index (χ2v) is 8.87. The summed E-state index contributed by atoms with van der Waals surface area (Å²) in [6.07, 6.45) is 3.47. The highest BCUT2D eigenvalue weighted by Crippen LogP contribution is 2.16. The van der Waals surface area contributed by atoms with Crippen LogP contribution in [-0.2, 0) is 21.1 Å². The molecule has 1 aliphatic heterocycles. The van der Waals surface area contributed by atoms with E-state index in [-0.39, 0.29) is 24.0 Å². The number of ether oxygens (including phenoxy) is 1. The van der Waals surface area contributed by atoms with E-state index < -0.39 is 9.84 Å². The summed E-state index contributed by atoms with van der Waals surface area (Å²) in [7, 11) is -1.43. The van der Waals surface area contributed by atoms with Gasteiger partial charge in [-0.2, -0.15) is 0 Å². The van der Waals surface area contributed by atoms with Crippen molar-refractivity contribution in [3.05, 3.63) is 29.3 Å². The first kappa shape index (κ1) is 25.1. The summed E-state index contributed by atoms with van der Waals surface area (Å²) in [5.74, 6) is 0.756. The lowest BCUT2D eigenvalue weighted by atomic mass is 10.1. The van der Waals surface area contributed by atoms with Gasteiger partial charge in [0.2, 0.25) is 0 Å². The third-order valence-electron chi connectivity index (χ3n) is 4.62. The Labute approximate surface area is 186 Å². The van der Waals surface area contributed by atoms with Crippen molar-refractivity contribution in [2.45, 2.75) is 31.2 Å². The first-order chi connectivity index (χ1) is 12.9. The van der Waals surface area contributed by atoms with Crippen LogP contribution >= 0.6 is 24.0 Å². The van der Waals surface area contributed by atoms with Crippen molar-refractivity contribution in [2.24, 2.45) is 4.99 Å². The van der Waals surface area contributed by atoms with Crippen LogP contribution < -0.4 is 10.6 Å². The molecule has 0 bridgehead atoms. The number of unbranched alkanes of at least 4 members (excludes halogenated alkanes) is 1. The number of hydrogen-bond acceptors (Lipinski definition) is 5. The molecule has 0 saturated carbocycles. The van der Waals surface area contributed by atoms with Gasteiger partial charge in [0.15, 0.2) is 15.8 Å². The maximum atomic E-state index is 11.7. The van der Waals surface area contributed by atoms with E-state index in [1.807, 2.05) is 19.1 Å². The van der Waals surface area contributed by atoms with Gasteiger partial charge < -0.3 is 15.4 Å². The average Bonchev–Trinajstić information content (AvgIpc) is 2.64. The summed E-state index contributed by atoms with van der Waals surface area (Å²) in [5, 5.41) is 6.60. The second kappa shape index (κ2) is 12.6. The molecule has 1 aliphatic rings. The van der Waals surface area contributed by atoms with Crippen molar-refractivity contribution in [3.63, 3.8) is 0 Å². The fourth-order valence-corrected chi connectivity index (χ4v) is 4.09. The summed E-state index contributed by atoms with van der Waals surface area (Å²) in [6, 6.07) is 5.41. The number of benzene rings is 1. The van der Waals surface area contributed by atoms with Crippen LogP contribution in [0.1, 0.15) is 24.0 Å². The van der Waals surface area contributed by atoms with Crippen molar-refractivity contribution in [1.29, 1.82) is 0 Å². The highest BCUT2D eigenvalue weighted by atomic mass is 127. The number of sulfone groups is 1. The molecule has 1 saturated heterocycles. The van der Waals surface area contributed by atoms with Crippen molar-refractivity contribution < 1.29 is 13.2 Å². The number of rotatable bonds is 8. The van der Waals surface area contributed by atoms with Gasteiger partial charge in [0.1, 0.15) is 0 Å². The van der Waals surface area contributed by atoms with Gasteiger partial charge in [-0.05, 0) is 43.5 Å². The highest BCUT2D eigenvalue weighted by molar-refractivity contribution is 14.0. The molecular weight excluding hydrogens is 491 g/mol. The van der Waals surface area contributed by atoms with Crippen LogP contribution in [0.15, 0.2) is 28.1 Å². The SMILES string of the molecule is CN=C(NCCCCN1CCOCC1)NCc1ccc(S(C)(=O)=O)c(C)c1.I. The minimum Gasteiger partial charge on any atom is -0.379 e. The number of hydrogen-bond donors (Lipinski definition) is 2. The molecule has 160 valence electrons. The summed E-state index contributed by atoms with van der Waals surface area (Å²) in [5.41, 5.74) is 1.79. The van der Waals surface area contributed by atoms with E-state index in [2.05, 4.69) is 20.5 Å². The quantitative estimate of drug-likeness (QED) is 0.234. The van der Waals surface area contributed by atoms with E-state index >= 15 is 0 Å². The lowest BCUT2D eigenvalue weighted by Gasteiger charge is -2.26. The van der Waals surface area contributed by atoms with Crippen molar-refractivity contribution >= 4 is 39.8 Å². The molecule has 0 spiro atoms. The highest BCUT2D eigenvalue weighted by Gasteiger charge is 2.11. The van der Waals surface area contributed by atoms with Crippen LogP contribution in [-0.4, -0.2) is 72.0 Å². The van der Waals surface area contributed by atoms with Crippen LogP contribution in [0.5, 0.6) is 0 Å². The molecule has 0 unspecified atom stereocenters. The van der Waals surface area contributed by atoms with Crippen molar-refractivity contribution in [1.82, 2.24) is 15.5 Å². The van der Waals surface area contributed by atoms with Gasteiger partial charge in [0.05, 0.1) is 18.1 Å². The Bertz CT molecular complexity index is 735. The Kier molecular flexibility index (Phi) is 11.3. The topological polar surface area (TPSA) is 83.0 Å². The maximum absolute atomic E-state index is 11.7. The van der Waals surface area contributed by atoms with Gasteiger partial charge in [0.25, 0.3) is 0 Å². The third kappa shape index (κ3) is 8.62. The molecule has 0 aromatic heterocycles. The summed E-state index contributed by atoms with van der Waals surface area (Å²) in [4.78, 5) is 7.07. The first-order valence-electron chi connectivity index (χ1n) is 9.44. The molecule has 0 amide bonds. The maximum Gasteiger partial charge on any atom is 0.191 e. The Balaban J connectivity index is 0.00000392. The van der Waals surface area contributed by atoms with E-state index in [9.17, 15) is 8.42 Å². The van der Waals surface area contributed by atoms with E-state index in [1.165, 1.54) is 6.26 Å². The lowest BCUT2D eigenvalue weighted by molar-refractivity contribution is 0.0372. The van der Waals surface area contributed by atoms with Crippen molar-refractivity contribution in [3.8, 4) is 0 Å². The molecule has 9 heteroatoms. The number of nitrogens with one attached hydrogen (secondary N) is 2. The molecule has 0 aliphatic carbocycles. The van der Waals surface area contributed by atoms with E-state index in [0.717, 1.165) is 69.3 Å². The number of nitrogens with zero attached hydrogens (tertiary/aromatic N) is 2. The number of morpholine rings is 1. The molecular formula is C19H33IN4O3S. The van der Waals surface area contributed by atoms with Gasteiger partial charge in [0, 0.05) is 39.5 Å². The fourth-order valence-electron chi connectivity index (χ4n) is 3.14. The van der Waals surface area contributed by atoms with Crippen molar-refractivity contribution in [2.75, 3.05) is 52.7 Å². The van der Waals surface area contributed by atoms with Gasteiger partial charge in [-0.3, -0.25) is 9.89 Å². The Morgan fingerprint density at radius 1 is 1.21 bits per heavy atom. The molecule has 1 fully saturated rings. The van der Waals surface area contributed by atoms with Gasteiger partial charge >= 0.3 is 0 Å². The fraction of sp³-hybridized carbons (Fsp3) is 0.632. The zero-order chi connectivity index (χ0) is 19.7. The number of aliphatic imine (C=N–C) groups is 1. The monoisotopic (exact) mass is 524 g/mol. The Hall–Kier alpha value is -0.910. The molecule has 28 heavy (non-hydrogen) atoms. The first-order valence-corrected chi connectivity index (χ1v) is 11.3. The van der Waals surface area contributed by atoms with Crippen LogP contribution in [0.3, 0.4) is 0 Å². The molecule has 1 aromatic rings.